The number of carbonyl (C=O) groups excluding carboxylic acids is 1. The van der Waals surface area contributed by atoms with E-state index in [0.29, 0.717) is 23.9 Å². The standard InChI is InChI=1S/C22H19ClN4O2/c23-16-7-8-17-18(9-12-25-19(17)13-16)24-10-4-11-26-22(28)20-14-21(29-27-20)15-5-2-1-3-6-15/h1-3,5-9,12-14H,4,10-11H2,(H,24,25)(H,26,28). The number of hydrogen-bond acceptors (Lipinski definition) is 5. The summed E-state index contributed by atoms with van der Waals surface area (Å²) in [6.45, 7) is 1.23. The minimum absolute atomic E-state index is 0.250. The summed E-state index contributed by atoms with van der Waals surface area (Å²) in [5, 5.41) is 11.8. The number of aromatic nitrogens is 2. The van der Waals surface area contributed by atoms with Crippen LogP contribution in [0.2, 0.25) is 5.02 Å². The molecule has 7 heteroatoms. The number of rotatable bonds is 7. The fourth-order valence-corrected chi connectivity index (χ4v) is 3.17. The maximum atomic E-state index is 12.3. The number of carbonyl (C=O) groups is 1. The van der Waals surface area contributed by atoms with Crippen LogP contribution in [0.4, 0.5) is 5.69 Å². The van der Waals surface area contributed by atoms with Crippen molar-refractivity contribution in [1.82, 2.24) is 15.5 Å². The van der Waals surface area contributed by atoms with E-state index in [2.05, 4.69) is 20.8 Å². The zero-order valence-electron chi connectivity index (χ0n) is 15.6. The smallest absolute Gasteiger partial charge is 0.273 e. The first kappa shape index (κ1) is 19.0. The molecular weight excluding hydrogens is 388 g/mol. The largest absolute Gasteiger partial charge is 0.384 e. The fraction of sp³-hybridized carbons (Fsp3) is 0.136. The first-order valence-corrected chi connectivity index (χ1v) is 9.67. The van der Waals surface area contributed by atoms with Gasteiger partial charge in [-0.05, 0) is 30.7 Å². The van der Waals surface area contributed by atoms with Gasteiger partial charge in [-0.1, -0.05) is 47.1 Å². The van der Waals surface area contributed by atoms with Gasteiger partial charge in [0.2, 0.25) is 0 Å². The molecule has 0 saturated carbocycles. The van der Waals surface area contributed by atoms with E-state index < -0.39 is 0 Å². The van der Waals surface area contributed by atoms with Gasteiger partial charge >= 0.3 is 0 Å². The number of hydrogen-bond donors (Lipinski definition) is 2. The number of benzene rings is 2. The highest BCUT2D eigenvalue weighted by Crippen LogP contribution is 2.24. The second kappa shape index (κ2) is 8.75. The lowest BCUT2D eigenvalue weighted by molar-refractivity contribution is 0.0944. The molecule has 0 aliphatic rings. The van der Waals surface area contributed by atoms with Crippen LogP contribution in [0.15, 0.2) is 71.4 Å². The fourth-order valence-electron chi connectivity index (χ4n) is 3.00. The van der Waals surface area contributed by atoms with Gasteiger partial charge in [0.25, 0.3) is 5.91 Å². The molecule has 0 radical (unpaired) electrons. The Bertz CT molecular complexity index is 1130. The van der Waals surface area contributed by atoms with E-state index in [-0.39, 0.29) is 11.6 Å². The summed E-state index contributed by atoms with van der Waals surface area (Å²) in [6.07, 6.45) is 2.50. The van der Waals surface area contributed by atoms with E-state index in [1.807, 2.05) is 54.6 Å². The number of pyridine rings is 1. The van der Waals surface area contributed by atoms with E-state index in [0.717, 1.165) is 28.6 Å². The van der Waals surface area contributed by atoms with E-state index in [4.69, 9.17) is 16.1 Å². The third-order valence-electron chi connectivity index (χ3n) is 4.46. The zero-order valence-corrected chi connectivity index (χ0v) is 16.3. The molecule has 0 bridgehead atoms. The van der Waals surface area contributed by atoms with Crippen molar-refractivity contribution in [3.63, 3.8) is 0 Å². The molecule has 29 heavy (non-hydrogen) atoms. The Hall–Kier alpha value is -3.38. The molecule has 0 saturated heterocycles. The number of fused-ring (bicyclic) bond motifs is 1. The summed E-state index contributed by atoms with van der Waals surface area (Å²) in [5.41, 5.74) is 2.99. The maximum Gasteiger partial charge on any atom is 0.273 e. The lowest BCUT2D eigenvalue weighted by atomic mass is 10.1. The summed E-state index contributed by atoms with van der Waals surface area (Å²) in [6, 6.07) is 18.8. The number of nitrogens with zero attached hydrogens (tertiary/aromatic N) is 2. The highest BCUT2D eigenvalue weighted by molar-refractivity contribution is 6.31. The van der Waals surface area contributed by atoms with Crippen LogP contribution in [0.5, 0.6) is 0 Å². The molecule has 2 aromatic heterocycles. The Labute approximate surface area is 172 Å². The number of anilines is 1. The molecule has 0 spiro atoms. The minimum Gasteiger partial charge on any atom is -0.384 e. The van der Waals surface area contributed by atoms with Crippen molar-refractivity contribution in [2.45, 2.75) is 6.42 Å². The van der Waals surface area contributed by atoms with Crippen molar-refractivity contribution in [3.8, 4) is 11.3 Å². The van der Waals surface area contributed by atoms with Gasteiger partial charge in [0.05, 0.1) is 5.52 Å². The van der Waals surface area contributed by atoms with Crippen LogP contribution in [0.3, 0.4) is 0 Å². The zero-order chi connectivity index (χ0) is 20.1. The first-order chi connectivity index (χ1) is 14.2. The van der Waals surface area contributed by atoms with Crippen LogP contribution in [0, 0.1) is 0 Å². The lowest BCUT2D eigenvalue weighted by Crippen LogP contribution is -2.26. The van der Waals surface area contributed by atoms with E-state index in [9.17, 15) is 4.79 Å². The Kier molecular flexibility index (Phi) is 5.72. The summed E-state index contributed by atoms with van der Waals surface area (Å²) in [4.78, 5) is 16.6. The van der Waals surface area contributed by atoms with E-state index in [1.54, 1.807) is 12.3 Å². The molecule has 2 N–H and O–H groups in total. The first-order valence-electron chi connectivity index (χ1n) is 9.29. The van der Waals surface area contributed by atoms with Gasteiger partial charge in [0, 0.05) is 47.0 Å². The van der Waals surface area contributed by atoms with Crippen molar-refractivity contribution in [2.75, 3.05) is 18.4 Å². The van der Waals surface area contributed by atoms with Crippen LogP contribution in [-0.2, 0) is 0 Å². The molecular formula is C22H19ClN4O2. The van der Waals surface area contributed by atoms with Crippen molar-refractivity contribution in [1.29, 1.82) is 0 Å². The summed E-state index contributed by atoms with van der Waals surface area (Å²) in [5.74, 6) is 0.321. The van der Waals surface area contributed by atoms with Crippen LogP contribution in [-0.4, -0.2) is 29.1 Å². The SMILES string of the molecule is O=C(NCCCNc1ccnc2cc(Cl)ccc12)c1cc(-c2ccccc2)on1. The van der Waals surface area contributed by atoms with Crippen LogP contribution in [0.1, 0.15) is 16.9 Å². The van der Waals surface area contributed by atoms with Crippen LogP contribution < -0.4 is 10.6 Å². The van der Waals surface area contributed by atoms with Gasteiger partial charge in [-0.15, -0.1) is 0 Å². The van der Waals surface area contributed by atoms with Gasteiger partial charge in [0.1, 0.15) is 0 Å². The van der Waals surface area contributed by atoms with Gasteiger partial charge in [-0.25, -0.2) is 0 Å². The summed E-state index contributed by atoms with van der Waals surface area (Å²) in [7, 11) is 0. The van der Waals surface area contributed by atoms with Gasteiger partial charge in [0.15, 0.2) is 11.5 Å². The van der Waals surface area contributed by atoms with Crippen molar-refractivity contribution in [3.05, 3.63) is 77.6 Å². The van der Waals surface area contributed by atoms with Crippen molar-refractivity contribution >= 4 is 34.1 Å². The normalized spacial score (nSPS) is 10.8. The predicted molar refractivity (Wildman–Crippen MR) is 114 cm³/mol. The van der Waals surface area contributed by atoms with Crippen molar-refractivity contribution in [2.24, 2.45) is 0 Å². The topological polar surface area (TPSA) is 80.0 Å². The second-order valence-electron chi connectivity index (χ2n) is 6.50. The minimum atomic E-state index is -0.250. The Balaban J connectivity index is 1.27. The van der Waals surface area contributed by atoms with Gasteiger partial charge in [-0.3, -0.25) is 9.78 Å². The highest BCUT2D eigenvalue weighted by Gasteiger charge is 2.13. The maximum absolute atomic E-state index is 12.3. The Morgan fingerprint density at radius 1 is 1.03 bits per heavy atom. The predicted octanol–water partition coefficient (Wildman–Crippen LogP) is 4.78. The number of nitrogens with one attached hydrogen (secondary N) is 2. The molecule has 0 fully saturated rings. The third-order valence-corrected chi connectivity index (χ3v) is 4.70. The molecule has 4 aromatic rings. The van der Waals surface area contributed by atoms with Gasteiger partial charge in [-0.2, -0.15) is 0 Å². The van der Waals surface area contributed by atoms with E-state index >= 15 is 0 Å². The monoisotopic (exact) mass is 406 g/mol. The molecule has 0 unspecified atom stereocenters. The molecule has 4 rings (SSSR count). The van der Waals surface area contributed by atoms with Crippen LogP contribution in [0.25, 0.3) is 22.2 Å². The lowest BCUT2D eigenvalue weighted by Gasteiger charge is -2.09. The quantitative estimate of drug-likeness (QED) is 0.432. The molecule has 2 aromatic carbocycles. The summed E-state index contributed by atoms with van der Waals surface area (Å²) >= 11 is 6.02. The molecule has 0 aliphatic heterocycles. The molecule has 0 atom stereocenters. The molecule has 146 valence electrons. The highest BCUT2D eigenvalue weighted by atomic mass is 35.5. The number of halogens is 1. The average Bonchev–Trinajstić information content (AvgIpc) is 3.24. The number of amides is 1. The average molecular weight is 407 g/mol. The Morgan fingerprint density at radius 2 is 1.90 bits per heavy atom. The molecule has 6 nitrogen and oxygen atoms in total. The Morgan fingerprint density at radius 3 is 2.76 bits per heavy atom. The molecule has 0 aliphatic carbocycles. The molecule has 1 amide bonds. The summed E-state index contributed by atoms with van der Waals surface area (Å²) < 4.78 is 5.27. The third kappa shape index (κ3) is 4.55. The van der Waals surface area contributed by atoms with Crippen molar-refractivity contribution < 1.29 is 9.32 Å². The van der Waals surface area contributed by atoms with Gasteiger partial charge < -0.3 is 15.2 Å². The second-order valence-corrected chi connectivity index (χ2v) is 6.94. The van der Waals surface area contributed by atoms with E-state index in [1.165, 1.54) is 0 Å². The van der Waals surface area contributed by atoms with Crippen LogP contribution >= 0.6 is 11.6 Å². The molecule has 2 heterocycles.